The minimum Gasteiger partial charge on any atom is -0.449 e. The molecule has 1 amide bonds. The van der Waals surface area contributed by atoms with E-state index in [1.807, 2.05) is 48.5 Å². The first-order chi connectivity index (χ1) is 20.3. The molecule has 0 radical (unpaired) electrons. The van der Waals surface area contributed by atoms with E-state index in [0.29, 0.717) is 52.5 Å². The summed E-state index contributed by atoms with van der Waals surface area (Å²) in [5, 5.41) is 3.81. The zero-order valence-corrected chi connectivity index (χ0v) is 25.5. The Morgan fingerprint density at radius 3 is 2.52 bits per heavy atom. The van der Waals surface area contributed by atoms with Crippen LogP contribution in [0.2, 0.25) is 0 Å². The minimum atomic E-state index is -0.674. The highest BCUT2D eigenvalue weighted by atomic mass is 79.9. The molecule has 0 unspecified atom stereocenters. The fourth-order valence-corrected chi connectivity index (χ4v) is 7.00. The van der Waals surface area contributed by atoms with Gasteiger partial charge in [-0.15, -0.1) is 0 Å². The summed E-state index contributed by atoms with van der Waals surface area (Å²) in [7, 11) is 0. The maximum Gasteiger partial charge on any atom is 0.271 e. The number of nitrogens with zero attached hydrogens (tertiary/aromatic N) is 3. The van der Waals surface area contributed by atoms with Crippen molar-refractivity contribution < 1.29 is 9.21 Å². The Balaban J connectivity index is 1.41. The Morgan fingerprint density at radius 2 is 1.81 bits per heavy atom. The van der Waals surface area contributed by atoms with Gasteiger partial charge in [0, 0.05) is 23.5 Å². The maximum atomic E-state index is 13.9. The second-order valence-electron chi connectivity index (χ2n) is 9.39. The van der Waals surface area contributed by atoms with E-state index < -0.39 is 6.04 Å². The third kappa shape index (κ3) is 5.60. The molecule has 210 valence electrons. The largest absolute Gasteiger partial charge is 0.449 e. The second kappa shape index (κ2) is 11.6. The molecule has 2 N–H and O–H groups in total. The van der Waals surface area contributed by atoms with Gasteiger partial charge < -0.3 is 14.7 Å². The zero-order chi connectivity index (χ0) is 29.4. The molecule has 5 aromatic rings. The number of thiazole rings is 1. The summed E-state index contributed by atoms with van der Waals surface area (Å²) in [4.78, 5) is 51.5. The van der Waals surface area contributed by atoms with Crippen molar-refractivity contribution in [1.82, 2.24) is 14.5 Å². The molecule has 42 heavy (non-hydrogen) atoms. The lowest BCUT2D eigenvalue weighted by atomic mass is 9.95. The number of hydrogen-bond acceptors (Lipinski definition) is 8. The smallest absolute Gasteiger partial charge is 0.271 e. The standard InChI is InChI=1S/C30H22BrN5O4S2/c1-16-13-23(37)35-29(32-16)42-28-21(31)14-20(40-28)15-22-27(39)36-25(18-9-5-3-6-10-18)24(17(2)33-30(36)41-22)26(38)34-19-11-7-4-8-12-19/h3-15,25H,1-2H3,(H,34,38)(H,32,35,37)/b22-15+/t25-/m0/s1. The minimum absolute atomic E-state index is 0.255. The monoisotopic (exact) mass is 659 g/mol. The number of rotatable bonds is 6. The lowest BCUT2D eigenvalue weighted by Gasteiger charge is -2.25. The molecule has 1 atom stereocenters. The summed E-state index contributed by atoms with van der Waals surface area (Å²) in [5.41, 5.74) is 2.40. The van der Waals surface area contributed by atoms with Gasteiger partial charge in [-0.2, -0.15) is 0 Å². The Kier molecular flexibility index (Phi) is 7.67. The second-order valence-corrected chi connectivity index (χ2v) is 12.2. The zero-order valence-electron chi connectivity index (χ0n) is 22.3. The highest BCUT2D eigenvalue weighted by Crippen LogP contribution is 2.34. The molecule has 9 nitrogen and oxygen atoms in total. The van der Waals surface area contributed by atoms with Gasteiger partial charge in [0.15, 0.2) is 15.1 Å². The van der Waals surface area contributed by atoms with Gasteiger partial charge in [0.1, 0.15) is 5.76 Å². The number of H-pyrrole nitrogens is 1. The van der Waals surface area contributed by atoms with Crippen molar-refractivity contribution in [2.45, 2.75) is 30.1 Å². The van der Waals surface area contributed by atoms with Crippen molar-refractivity contribution in [2.24, 2.45) is 4.99 Å². The van der Waals surface area contributed by atoms with Crippen molar-refractivity contribution in [3.8, 4) is 0 Å². The number of furan rings is 1. The quantitative estimate of drug-likeness (QED) is 0.253. The van der Waals surface area contributed by atoms with Crippen LogP contribution in [0.3, 0.4) is 0 Å². The summed E-state index contributed by atoms with van der Waals surface area (Å²) in [6.45, 7) is 3.52. The predicted octanol–water partition coefficient (Wildman–Crippen LogP) is 4.77. The third-order valence-electron chi connectivity index (χ3n) is 6.40. The Labute approximate surface area is 255 Å². The van der Waals surface area contributed by atoms with Crippen LogP contribution in [0.15, 0.2) is 118 Å². The van der Waals surface area contributed by atoms with Crippen molar-refractivity contribution in [3.63, 3.8) is 0 Å². The summed E-state index contributed by atoms with van der Waals surface area (Å²) in [5.74, 6) is 0.101. The molecule has 0 fully saturated rings. The predicted molar refractivity (Wildman–Crippen MR) is 165 cm³/mol. The Morgan fingerprint density at radius 1 is 1.10 bits per heavy atom. The number of carbonyl (C=O) groups is 1. The van der Waals surface area contributed by atoms with Crippen LogP contribution in [0.1, 0.15) is 30.0 Å². The summed E-state index contributed by atoms with van der Waals surface area (Å²) >= 11 is 5.87. The number of benzene rings is 2. The van der Waals surface area contributed by atoms with Crippen LogP contribution >= 0.6 is 39.0 Å². The Bertz CT molecular complexity index is 2100. The van der Waals surface area contributed by atoms with Crippen LogP contribution in [0, 0.1) is 6.92 Å². The fourth-order valence-electron chi connectivity index (χ4n) is 4.61. The fraction of sp³-hybridized carbons (Fsp3) is 0.100. The van der Waals surface area contributed by atoms with Gasteiger partial charge in [0.2, 0.25) is 0 Å². The van der Waals surface area contributed by atoms with Crippen molar-refractivity contribution >= 4 is 56.7 Å². The topological polar surface area (TPSA) is 122 Å². The molecular weight excluding hydrogens is 638 g/mol. The van der Waals surface area contributed by atoms with Gasteiger partial charge in [-0.05, 0) is 65.3 Å². The van der Waals surface area contributed by atoms with E-state index in [2.05, 4.69) is 36.2 Å². The molecule has 2 aromatic carbocycles. The first-order valence-electron chi connectivity index (χ1n) is 12.8. The molecule has 0 saturated heterocycles. The average Bonchev–Trinajstić information content (AvgIpc) is 3.45. The number of carbonyl (C=O) groups excluding carboxylic acids is 1. The molecule has 1 aliphatic rings. The lowest BCUT2D eigenvalue weighted by Crippen LogP contribution is -2.40. The van der Waals surface area contributed by atoms with Gasteiger partial charge in [-0.25, -0.2) is 9.98 Å². The van der Waals surface area contributed by atoms with E-state index in [-0.39, 0.29) is 17.0 Å². The maximum absolute atomic E-state index is 13.9. The molecule has 0 spiro atoms. The Hall–Kier alpha value is -4.26. The SMILES string of the molecule is CC1=C(C(=O)Nc2ccccc2)[C@H](c2ccccc2)n2c(s/c(=C/c3cc(Br)c(Sc4nc(C)cc(=O)[nH]4)o3)c2=O)=N1. The average molecular weight is 661 g/mol. The van der Waals surface area contributed by atoms with Crippen LogP contribution in [0.5, 0.6) is 0 Å². The molecule has 12 heteroatoms. The number of aryl methyl sites for hydroxylation is 1. The molecule has 0 saturated carbocycles. The van der Waals surface area contributed by atoms with Crippen molar-refractivity contribution in [3.05, 3.63) is 136 Å². The number of nitrogens with one attached hydrogen (secondary N) is 2. The molecule has 0 bridgehead atoms. The van der Waals surface area contributed by atoms with Gasteiger partial charge in [-0.3, -0.25) is 19.0 Å². The van der Waals surface area contributed by atoms with Gasteiger partial charge in [-0.1, -0.05) is 59.9 Å². The third-order valence-corrected chi connectivity index (χ3v) is 9.11. The first-order valence-corrected chi connectivity index (χ1v) is 15.2. The molecule has 1 aliphatic heterocycles. The number of anilines is 1. The number of aromatic nitrogens is 3. The van der Waals surface area contributed by atoms with Crippen LogP contribution in [0.4, 0.5) is 5.69 Å². The van der Waals surface area contributed by atoms with Crippen LogP contribution in [0.25, 0.3) is 6.08 Å². The number of hydrogen-bond donors (Lipinski definition) is 2. The van der Waals surface area contributed by atoms with E-state index in [0.717, 1.165) is 17.3 Å². The van der Waals surface area contributed by atoms with Crippen LogP contribution in [-0.4, -0.2) is 20.4 Å². The van der Waals surface area contributed by atoms with Crippen molar-refractivity contribution in [2.75, 3.05) is 5.32 Å². The lowest BCUT2D eigenvalue weighted by molar-refractivity contribution is -0.113. The molecule has 4 heterocycles. The van der Waals surface area contributed by atoms with Crippen molar-refractivity contribution in [1.29, 1.82) is 0 Å². The van der Waals surface area contributed by atoms with Gasteiger partial charge in [0.25, 0.3) is 17.0 Å². The van der Waals surface area contributed by atoms with E-state index >= 15 is 0 Å². The number of para-hydroxylation sites is 1. The summed E-state index contributed by atoms with van der Waals surface area (Å²) in [6, 6.07) is 21.1. The highest BCUT2D eigenvalue weighted by Gasteiger charge is 2.32. The van der Waals surface area contributed by atoms with Gasteiger partial charge in [0.05, 0.1) is 26.3 Å². The molecule has 3 aromatic heterocycles. The van der Waals surface area contributed by atoms with E-state index in [1.54, 1.807) is 42.7 Å². The molecule has 6 rings (SSSR count). The van der Waals surface area contributed by atoms with Gasteiger partial charge >= 0.3 is 0 Å². The first kappa shape index (κ1) is 27.9. The highest BCUT2D eigenvalue weighted by molar-refractivity contribution is 9.10. The number of amides is 1. The van der Waals surface area contributed by atoms with E-state index in [4.69, 9.17) is 4.42 Å². The number of allylic oxidation sites excluding steroid dienone is 1. The molecule has 0 aliphatic carbocycles. The van der Waals surface area contributed by atoms with Crippen LogP contribution < -0.4 is 25.8 Å². The summed E-state index contributed by atoms with van der Waals surface area (Å²) in [6.07, 6.45) is 1.65. The number of aromatic amines is 1. The molecular formula is C30H22BrN5O4S2. The summed E-state index contributed by atoms with van der Waals surface area (Å²) < 4.78 is 8.60. The van der Waals surface area contributed by atoms with E-state index in [1.165, 1.54) is 17.4 Å². The number of halogens is 1. The van der Waals surface area contributed by atoms with E-state index in [9.17, 15) is 14.4 Å². The van der Waals surface area contributed by atoms with Crippen LogP contribution in [-0.2, 0) is 4.79 Å². The number of fused-ring (bicyclic) bond motifs is 1. The normalized spacial score (nSPS) is 14.9.